The van der Waals surface area contributed by atoms with Crippen molar-refractivity contribution in [2.75, 3.05) is 5.32 Å². The molecule has 2 aromatic rings. The summed E-state index contributed by atoms with van der Waals surface area (Å²) in [4.78, 5) is 16.2. The molecule has 0 fully saturated rings. The number of hydrogen-bond donors (Lipinski definition) is 1. The number of nitrogens with one attached hydrogen (secondary N) is 1. The van der Waals surface area contributed by atoms with Gasteiger partial charge in [0.15, 0.2) is 3.23 Å². The minimum absolute atomic E-state index is 0.157. The number of carbonyl (C=O) groups is 1. The van der Waals surface area contributed by atoms with Gasteiger partial charge >= 0.3 is 0 Å². The molecule has 1 aliphatic rings. The van der Waals surface area contributed by atoms with Crippen LogP contribution in [-0.2, 0) is 8.03 Å². The van der Waals surface area contributed by atoms with Crippen LogP contribution in [0.1, 0.15) is 5.56 Å². The van der Waals surface area contributed by atoms with E-state index in [0.29, 0.717) is 5.82 Å². The van der Waals surface area contributed by atoms with Crippen LogP contribution < -0.4 is 5.32 Å². The molecule has 2 heterocycles. The Kier molecular flexibility index (Phi) is 2.75. The smallest absolute Gasteiger partial charge is 0.258 e. The molecule has 0 saturated heterocycles. The van der Waals surface area contributed by atoms with Crippen molar-refractivity contribution in [2.24, 2.45) is 0 Å². The van der Waals surface area contributed by atoms with E-state index in [1.165, 1.54) is 0 Å². The lowest BCUT2D eigenvalue weighted by molar-refractivity contribution is -0.115. The molecule has 3 nitrogen and oxygen atoms in total. The van der Waals surface area contributed by atoms with Crippen molar-refractivity contribution in [3.8, 4) is 11.3 Å². The molecular weight excluding hydrogens is 360 g/mol. The summed E-state index contributed by atoms with van der Waals surface area (Å²) in [5, 5.41) is 2.75. The predicted molar refractivity (Wildman–Crippen MR) is 77.8 cm³/mol. The molecule has 0 radical (unpaired) electrons. The van der Waals surface area contributed by atoms with E-state index in [1.54, 1.807) is 0 Å². The maximum atomic E-state index is 11.8. The Bertz CT molecular complexity index is 626. The molecule has 1 N–H and O–H groups in total. The fraction of sp³-hybridized carbons (Fsp3) is 0.0769. The number of anilines is 1. The highest BCUT2D eigenvalue weighted by Crippen LogP contribution is 2.47. The fourth-order valence-corrected chi connectivity index (χ4v) is 2.72. The maximum absolute atomic E-state index is 11.8. The Balaban J connectivity index is 2.10. The van der Waals surface area contributed by atoms with Crippen LogP contribution in [0.15, 0.2) is 42.5 Å². The van der Waals surface area contributed by atoms with Crippen LogP contribution in [0, 0.1) is 0 Å². The van der Waals surface area contributed by atoms with E-state index in [1.807, 2.05) is 42.5 Å². The maximum Gasteiger partial charge on any atom is 0.258 e. The first-order valence-electron chi connectivity index (χ1n) is 5.35. The number of nitrogens with zero attached hydrogens (tertiary/aromatic N) is 1. The lowest BCUT2D eigenvalue weighted by Gasteiger charge is -2.10. The molecule has 0 atom stereocenters. The van der Waals surface area contributed by atoms with Crippen molar-refractivity contribution in [3.05, 3.63) is 48.0 Å². The van der Waals surface area contributed by atoms with Gasteiger partial charge in [0, 0.05) is 11.1 Å². The zero-order chi connectivity index (χ0) is 12.8. The molecule has 0 unspecified atom stereocenters. The van der Waals surface area contributed by atoms with Gasteiger partial charge in [0.1, 0.15) is 5.82 Å². The Labute approximate surface area is 121 Å². The lowest BCUT2D eigenvalue weighted by atomic mass is 10.1. The molecule has 1 aromatic heterocycles. The summed E-state index contributed by atoms with van der Waals surface area (Å²) in [5.41, 5.74) is 2.66. The van der Waals surface area contributed by atoms with E-state index in [4.69, 9.17) is 0 Å². The van der Waals surface area contributed by atoms with Crippen LogP contribution in [0.3, 0.4) is 0 Å². The van der Waals surface area contributed by atoms with E-state index < -0.39 is 3.23 Å². The molecule has 5 heteroatoms. The Morgan fingerprint density at radius 3 is 2.50 bits per heavy atom. The summed E-state index contributed by atoms with van der Waals surface area (Å²) < 4.78 is -0.864. The van der Waals surface area contributed by atoms with Gasteiger partial charge in [0.2, 0.25) is 0 Å². The quantitative estimate of drug-likeness (QED) is 0.782. The zero-order valence-electron chi connectivity index (χ0n) is 9.15. The van der Waals surface area contributed by atoms with Gasteiger partial charge in [-0.1, -0.05) is 68.3 Å². The summed E-state index contributed by atoms with van der Waals surface area (Å²) in [6.07, 6.45) is 0. The van der Waals surface area contributed by atoms with Crippen LogP contribution >= 0.6 is 31.9 Å². The van der Waals surface area contributed by atoms with Gasteiger partial charge in [-0.25, -0.2) is 4.98 Å². The van der Waals surface area contributed by atoms with Crippen molar-refractivity contribution in [2.45, 2.75) is 3.23 Å². The third-order valence-electron chi connectivity index (χ3n) is 2.82. The van der Waals surface area contributed by atoms with Gasteiger partial charge in [-0.15, -0.1) is 0 Å². The number of halogens is 2. The number of amides is 1. The Morgan fingerprint density at radius 2 is 1.78 bits per heavy atom. The first-order valence-corrected chi connectivity index (χ1v) is 6.94. The number of benzene rings is 1. The number of pyridine rings is 1. The van der Waals surface area contributed by atoms with Crippen LogP contribution in [0.5, 0.6) is 0 Å². The minimum Gasteiger partial charge on any atom is -0.308 e. The molecule has 1 aliphatic heterocycles. The third-order valence-corrected chi connectivity index (χ3v) is 4.39. The molecule has 0 spiro atoms. The fourth-order valence-electron chi connectivity index (χ4n) is 1.89. The normalized spacial score (nSPS) is 16.2. The summed E-state index contributed by atoms with van der Waals surface area (Å²) in [6, 6.07) is 13.7. The van der Waals surface area contributed by atoms with Gasteiger partial charge in [-0.3, -0.25) is 4.79 Å². The summed E-state index contributed by atoms with van der Waals surface area (Å²) in [6.45, 7) is 0. The largest absolute Gasteiger partial charge is 0.308 e. The third kappa shape index (κ3) is 1.78. The SMILES string of the molecule is O=C1Nc2nc(-c3ccccc3)ccc2C1(Br)Br. The molecule has 1 aromatic carbocycles. The number of fused-ring (bicyclic) bond motifs is 1. The van der Waals surface area contributed by atoms with Crippen molar-refractivity contribution >= 4 is 43.6 Å². The molecule has 0 saturated carbocycles. The number of aromatic nitrogens is 1. The van der Waals surface area contributed by atoms with Crippen LogP contribution in [0.2, 0.25) is 0 Å². The highest BCUT2D eigenvalue weighted by atomic mass is 79.9. The molecule has 0 aliphatic carbocycles. The van der Waals surface area contributed by atoms with Crippen molar-refractivity contribution < 1.29 is 4.79 Å². The van der Waals surface area contributed by atoms with Gasteiger partial charge in [0.05, 0.1) is 5.69 Å². The van der Waals surface area contributed by atoms with Gasteiger partial charge < -0.3 is 5.32 Å². The molecule has 90 valence electrons. The topological polar surface area (TPSA) is 42.0 Å². The minimum atomic E-state index is -0.864. The Hall–Kier alpha value is -1.20. The van der Waals surface area contributed by atoms with Crippen LogP contribution in [-0.4, -0.2) is 10.9 Å². The van der Waals surface area contributed by atoms with E-state index in [0.717, 1.165) is 16.8 Å². The Morgan fingerprint density at radius 1 is 1.06 bits per heavy atom. The predicted octanol–water partition coefficient (Wildman–Crippen LogP) is 3.64. The molecule has 3 rings (SSSR count). The number of carbonyl (C=O) groups excluding carboxylic acids is 1. The van der Waals surface area contributed by atoms with Crippen molar-refractivity contribution in [1.29, 1.82) is 0 Å². The number of hydrogen-bond acceptors (Lipinski definition) is 2. The summed E-state index contributed by atoms with van der Waals surface area (Å²) >= 11 is 6.70. The highest BCUT2D eigenvalue weighted by molar-refractivity contribution is 9.25. The van der Waals surface area contributed by atoms with Crippen molar-refractivity contribution in [1.82, 2.24) is 4.98 Å². The number of alkyl halides is 2. The summed E-state index contributed by atoms with van der Waals surface area (Å²) in [7, 11) is 0. The van der Waals surface area contributed by atoms with Crippen LogP contribution in [0.4, 0.5) is 5.82 Å². The second-order valence-corrected chi connectivity index (χ2v) is 7.43. The monoisotopic (exact) mass is 366 g/mol. The van der Waals surface area contributed by atoms with Crippen molar-refractivity contribution in [3.63, 3.8) is 0 Å². The van der Waals surface area contributed by atoms with Gasteiger partial charge in [-0.05, 0) is 6.07 Å². The molecule has 1 amide bonds. The molecule has 18 heavy (non-hydrogen) atoms. The lowest BCUT2D eigenvalue weighted by Crippen LogP contribution is -2.20. The van der Waals surface area contributed by atoms with Crippen LogP contribution in [0.25, 0.3) is 11.3 Å². The van der Waals surface area contributed by atoms with E-state index in [-0.39, 0.29) is 5.91 Å². The van der Waals surface area contributed by atoms with E-state index in [2.05, 4.69) is 42.2 Å². The first kappa shape index (κ1) is 11.9. The first-order chi connectivity index (χ1) is 8.59. The number of rotatable bonds is 1. The second-order valence-electron chi connectivity index (χ2n) is 3.99. The second kappa shape index (κ2) is 4.17. The highest BCUT2D eigenvalue weighted by Gasteiger charge is 2.43. The van der Waals surface area contributed by atoms with E-state index >= 15 is 0 Å². The van der Waals surface area contributed by atoms with Gasteiger partial charge in [0.25, 0.3) is 5.91 Å². The molecule has 0 bridgehead atoms. The average Bonchev–Trinajstić information content (AvgIpc) is 2.61. The summed E-state index contributed by atoms with van der Waals surface area (Å²) in [5.74, 6) is 0.435. The van der Waals surface area contributed by atoms with E-state index in [9.17, 15) is 4.79 Å². The molecular formula is C13H8Br2N2O. The van der Waals surface area contributed by atoms with Gasteiger partial charge in [-0.2, -0.15) is 0 Å². The standard InChI is InChI=1S/C13H8Br2N2O/c14-13(15)9-6-7-10(8-4-2-1-3-5-8)16-11(9)17-12(13)18/h1-7H,(H,16,17,18). The average molecular weight is 368 g/mol. The zero-order valence-corrected chi connectivity index (χ0v) is 12.3.